The Morgan fingerprint density at radius 1 is 1.21 bits per heavy atom. The third-order valence-corrected chi connectivity index (χ3v) is 6.14. The van der Waals surface area contributed by atoms with Gasteiger partial charge in [0.25, 0.3) is 0 Å². The first-order valence-electron chi connectivity index (χ1n) is 12.1. The third kappa shape index (κ3) is 8.97. The summed E-state index contributed by atoms with van der Waals surface area (Å²) in [5, 5.41) is 14.1. The van der Waals surface area contributed by atoms with Crippen LogP contribution in [0.5, 0.6) is 0 Å². The zero-order valence-electron chi connectivity index (χ0n) is 21.1. The molecule has 1 unspecified atom stereocenters. The van der Waals surface area contributed by atoms with Gasteiger partial charge in [0.05, 0.1) is 12.2 Å². The van der Waals surface area contributed by atoms with E-state index in [2.05, 4.69) is 34.0 Å². The molecule has 0 radical (unpaired) electrons. The Kier molecular flexibility index (Phi) is 9.73. The van der Waals surface area contributed by atoms with E-state index in [0.29, 0.717) is 12.6 Å². The lowest BCUT2D eigenvalue weighted by Gasteiger charge is -2.40. The highest BCUT2D eigenvalue weighted by molar-refractivity contribution is 5.68. The number of likely N-dealkylation sites (tertiary alicyclic amines) is 1. The molecule has 7 heteroatoms. The van der Waals surface area contributed by atoms with Gasteiger partial charge in [-0.05, 0) is 72.3 Å². The van der Waals surface area contributed by atoms with Gasteiger partial charge in [0.2, 0.25) is 0 Å². The largest absolute Gasteiger partial charge is 0.466 e. The molecule has 1 aromatic rings. The van der Waals surface area contributed by atoms with Gasteiger partial charge in [-0.15, -0.1) is 0 Å². The fraction of sp³-hybridized carbons (Fsp3) is 0.692. The summed E-state index contributed by atoms with van der Waals surface area (Å²) in [6.45, 7) is 13.2. The van der Waals surface area contributed by atoms with Crippen LogP contribution in [0.2, 0.25) is 0 Å². The van der Waals surface area contributed by atoms with Gasteiger partial charge in [-0.25, -0.2) is 4.79 Å². The molecule has 2 fully saturated rings. The molecule has 1 amide bonds. The van der Waals surface area contributed by atoms with Gasteiger partial charge in [-0.2, -0.15) is 0 Å². The fourth-order valence-electron chi connectivity index (χ4n) is 4.58. The summed E-state index contributed by atoms with van der Waals surface area (Å²) in [5.74, 6) is -0.211. The fourth-order valence-corrected chi connectivity index (χ4v) is 4.58. The molecular formula is C26H42N2O5. The van der Waals surface area contributed by atoms with Gasteiger partial charge < -0.3 is 19.9 Å². The van der Waals surface area contributed by atoms with Gasteiger partial charge in [-0.1, -0.05) is 29.8 Å². The Hall–Kier alpha value is -2.12. The number of amides is 1. The Balaban J connectivity index is 0.000000569. The van der Waals surface area contributed by atoms with Gasteiger partial charge >= 0.3 is 12.1 Å². The summed E-state index contributed by atoms with van der Waals surface area (Å²) in [7, 11) is 0. The molecule has 1 atom stereocenters. The zero-order chi connectivity index (χ0) is 24.6. The van der Waals surface area contributed by atoms with Crippen LogP contribution in [0.25, 0.3) is 0 Å². The topological polar surface area (TPSA) is 88.1 Å². The number of rotatable bonds is 4. The molecule has 3 rings (SSSR count). The molecule has 2 N–H and O–H groups in total. The highest BCUT2D eigenvalue weighted by atomic mass is 16.6. The van der Waals surface area contributed by atoms with Crippen molar-refractivity contribution < 1.29 is 24.2 Å². The van der Waals surface area contributed by atoms with Crippen LogP contribution in [0.3, 0.4) is 0 Å². The van der Waals surface area contributed by atoms with Gasteiger partial charge in [-0.3, -0.25) is 9.69 Å². The summed E-state index contributed by atoms with van der Waals surface area (Å²) in [4.78, 5) is 24.3. The summed E-state index contributed by atoms with van der Waals surface area (Å²) in [6, 6.07) is 8.89. The maximum absolute atomic E-state index is 12.0. The molecule has 1 aliphatic carbocycles. The van der Waals surface area contributed by atoms with Crippen molar-refractivity contribution >= 4 is 12.1 Å². The van der Waals surface area contributed by atoms with Crippen molar-refractivity contribution in [1.82, 2.24) is 10.2 Å². The second-order valence-corrected chi connectivity index (χ2v) is 10.2. The van der Waals surface area contributed by atoms with Crippen molar-refractivity contribution in [3.05, 3.63) is 35.4 Å². The summed E-state index contributed by atoms with van der Waals surface area (Å²) >= 11 is 0. The van der Waals surface area contributed by atoms with E-state index in [1.807, 2.05) is 32.9 Å². The van der Waals surface area contributed by atoms with Crippen LogP contribution >= 0.6 is 0 Å². The lowest BCUT2D eigenvalue weighted by Crippen LogP contribution is -2.44. The number of aliphatic hydroxyl groups is 1. The van der Waals surface area contributed by atoms with Crippen LogP contribution in [0.15, 0.2) is 24.3 Å². The Morgan fingerprint density at radius 2 is 1.88 bits per heavy atom. The number of benzene rings is 1. The SMILES string of the molecule is CCOC(C)=O.Cc1cccc(C2(O)CCC(N3CCC(NC(=O)OC(C)(C)C)C3)CC2)c1. The molecule has 1 heterocycles. The molecule has 7 nitrogen and oxygen atoms in total. The normalized spacial score (nSPS) is 25.5. The highest BCUT2D eigenvalue weighted by Crippen LogP contribution is 2.39. The Labute approximate surface area is 198 Å². The number of nitrogens with zero attached hydrogens (tertiary/aromatic N) is 1. The maximum atomic E-state index is 12.0. The molecule has 0 spiro atoms. The Morgan fingerprint density at radius 3 is 2.39 bits per heavy atom. The number of alkyl carbamates (subject to hydrolysis) is 1. The summed E-state index contributed by atoms with van der Waals surface area (Å²) < 4.78 is 9.77. The second-order valence-electron chi connectivity index (χ2n) is 10.2. The van der Waals surface area contributed by atoms with E-state index in [1.165, 1.54) is 12.5 Å². The number of nitrogens with one attached hydrogen (secondary N) is 1. The van der Waals surface area contributed by atoms with Crippen molar-refractivity contribution in [2.75, 3.05) is 19.7 Å². The van der Waals surface area contributed by atoms with E-state index in [0.717, 1.165) is 50.8 Å². The van der Waals surface area contributed by atoms with E-state index in [9.17, 15) is 14.7 Å². The lowest BCUT2D eigenvalue weighted by atomic mass is 9.77. The molecule has 2 aliphatic rings. The standard InChI is InChI=1S/C22H34N2O3.C4H8O2/c1-16-6-5-7-17(14-16)22(26)11-8-19(9-12-22)24-13-10-18(15-24)23-20(25)27-21(2,3)4;1-3-6-4(2)5/h5-7,14,18-19,26H,8-13,15H2,1-4H3,(H,23,25);3H2,1-2H3. The highest BCUT2D eigenvalue weighted by Gasteiger charge is 2.38. The molecule has 186 valence electrons. The van der Waals surface area contributed by atoms with E-state index >= 15 is 0 Å². The van der Waals surface area contributed by atoms with Crippen LogP contribution in [0, 0.1) is 6.92 Å². The van der Waals surface area contributed by atoms with E-state index in [-0.39, 0.29) is 18.1 Å². The average Bonchev–Trinajstić information content (AvgIpc) is 3.15. The van der Waals surface area contributed by atoms with Crippen molar-refractivity contribution in [3.8, 4) is 0 Å². The minimum atomic E-state index is -0.698. The molecule has 1 saturated carbocycles. The van der Waals surface area contributed by atoms with Crippen LogP contribution in [-0.2, 0) is 19.9 Å². The predicted molar refractivity (Wildman–Crippen MR) is 129 cm³/mol. The summed E-state index contributed by atoms with van der Waals surface area (Å²) in [5.41, 5.74) is 1.08. The van der Waals surface area contributed by atoms with Crippen molar-refractivity contribution in [2.24, 2.45) is 0 Å². The maximum Gasteiger partial charge on any atom is 0.407 e. The summed E-state index contributed by atoms with van der Waals surface area (Å²) in [6.07, 6.45) is 4.20. The van der Waals surface area contributed by atoms with Crippen molar-refractivity contribution in [3.63, 3.8) is 0 Å². The quantitative estimate of drug-likeness (QED) is 0.649. The van der Waals surface area contributed by atoms with Crippen LogP contribution < -0.4 is 5.32 Å². The number of esters is 1. The number of hydrogen-bond donors (Lipinski definition) is 2. The number of aryl methyl sites for hydroxylation is 1. The van der Waals surface area contributed by atoms with Gasteiger partial charge in [0.15, 0.2) is 0 Å². The van der Waals surface area contributed by atoms with Crippen molar-refractivity contribution in [2.45, 2.75) is 96.9 Å². The second kappa shape index (κ2) is 11.8. The molecule has 1 aliphatic heterocycles. The Bertz CT molecular complexity index is 781. The molecule has 0 aromatic heterocycles. The molecular weight excluding hydrogens is 420 g/mol. The lowest BCUT2D eigenvalue weighted by molar-refractivity contribution is -0.140. The molecule has 33 heavy (non-hydrogen) atoms. The average molecular weight is 463 g/mol. The van der Waals surface area contributed by atoms with Gasteiger partial charge in [0, 0.05) is 32.1 Å². The molecule has 1 aromatic carbocycles. The number of ether oxygens (including phenoxy) is 2. The minimum Gasteiger partial charge on any atom is -0.466 e. The first-order chi connectivity index (χ1) is 15.4. The van der Waals surface area contributed by atoms with Crippen LogP contribution in [-0.4, -0.2) is 59.5 Å². The smallest absolute Gasteiger partial charge is 0.407 e. The van der Waals surface area contributed by atoms with Gasteiger partial charge in [0.1, 0.15) is 5.60 Å². The predicted octanol–water partition coefficient (Wildman–Crippen LogP) is 4.29. The van der Waals surface area contributed by atoms with Crippen molar-refractivity contribution in [1.29, 1.82) is 0 Å². The number of carbonyl (C=O) groups is 2. The van der Waals surface area contributed by atoms with E-state index in [4.69, 9.17) is 4.74 Å². The van der Waals surface area contributed by atoms with E-state index < -0.39 is 11.2 Å². The van der Waals surface area contributed by atoms with Crippen LogP contribution in [0.1, 0.15) is 77.8 Å². The molecule has 1 saturated heterocycles. The van der Waals surface area contributed by atoms with Crippen LogP contribution in [0.4, 0.5) is 4.79 Å². The monoisotopic (exact) mass is 462 g/mol. The minimum absolute atomic E-state index is 0.150. The van der Waals surface area contributed by atoms with E-state index in [1.54, 1.807) is 6.92 Å². The molecule has 0 bridgehead atoms. The first-order valence-corrected chi connectivity index (χ1v) is 12.1. The first kappa shape index (κ1) is 27.1. The number of hydrogen-bond acceptors (Lipinski definition) is 6. The zero-order valence-corrected chi connectivity index (χ0v) is 21.1. The third-order valence-electron chi connectivity index (χ3n) is 6.14. The number of carbonyl (C=O) groups excluding carboxylic acids is 2.